The van der Waals surface area contributed by atoms with Gasteiger partial charge in [0.25, 0.3) is 0 Å². The lowest BCUT2D eigenvalue weighted by molar-refractivity contribution is 0.202. The standard InChI is InChI=1S/C15H23N5O/c1-15(2,3)14-17-16-12-4-5-13(18-20(12)14)19-8-6-11(10-21)7-9-19/h4-5,11,21H,6-10H2,1-3H3. The smallest absolute Gasteiger partial charge is 0.178 e. The van der Waals surface area contributed by atoms with E-state index in [4.69, 9.17) is 5.10 Å². The van der Waals surface area contributed by atoms with Gasteiger partial charge < -0.3 is 10.0 Å². The minimum absolute atomic E-state index is 0.0884. The molecule has 1 aliphatic rings. The van der Waals surface area contributed by atoms with Crippen molar-refractivity contribution < 1.29 is 5.11 Å². The van der Waals surface area contributed by atoms with Gasteiger partial charge in [0.2, 0.25) is 0 Å². The lowest BCUT2D eigenvalue weighted by Gasteiger charge is -2.31. The van der Waals surface area contributed by atoms with Crippen molar-refractivity contribution >= 4 is 11.5 Å². The summed E-state index contributed by atoms with van der Waals surface area (Å²) in [6.45, 7) is 8.52. The Bertz CT molecular complexity index is 623. The van der Waals surface area contributed by atoms with Crippen molar-refractivity contribution in [1.29, 1.82) is 0 Å². The minimum Gasteiger partial charge on any atom is -0.396 e. The molecule has 3 rings (SSSR count). The first-order valence-electron chi connectivity index (χ1n) is 7.58. The topological polar surface area (TPSA) is 66.5 Å². The number of aliphatic hydroxyl groups is 1. The van der Waals surface area contributed by atoms with Gasteiger partial charge in [-0.25, -0.2) is 0 Å². The van der Waals surface area contributed by atoms with E-state index in [0.717, 1.165) is 43.2 Å². The van der Waals surface area contributed by atoms with Crippen LogP contribution in [-0.2, 0) is 5.41 Å². The Morgan fingerprint density at radius 3 is 2.52 bits per heavy atom. The summed E-state index contributed by atoms with van der Waals surface area (Å²) in [5, 5.41) is 22.4. The first-order valence-corrected chi connectivity index (χ1v) is 7.58. The predicted octanol–water partition coefficient (Wildman–Crippen LogP) is 1.63. The highest BCUT2D eigenvalue weighted by atomic mass is 16.3. The zero-order chi connectivity index (χ0) is 15.0. The summed E-state index contributed by atoms with van der Waals surface area (Å²) >= 11 is 0. The first-order chi connectivity index (χ1) is 9.99. The van der Waals surface area contributed by atoms with Crippen molar-refractivity contribution in [3.8, 4) is 0 Å². The van der Waals surface area contributed by atoms with Crippen molar-refractivity contribution in [2.24, 2.45) is 5.92 Å². The van der Waals surface area contributed by atoms with Gasteiger partial charge in [0, 0.05) is 25.1 Å². The molecule has 0 saturated carbocycles. The highest BCUT2D eigenvalue weighted by Gasteiger charge is 2.24. The number of aliphatic hydroxyl groups excluding tert-OH is 1. The van der Waals surface area contributed by atoms with Crippen LogP contribution in [0.15, 0.2) is 12.1 Å². The van der Waals surface area contributed by atoms with Gasteiger partial charge in [-0.15, -0.1) is 15.3 Å². The Labute approximate surface area is 124 Å². The van der Waals surface area contributed by atoms with Crippen LogP contribution in [0.25, 0.3) is 5.65 Å². The Balaban J connectivity index is 1.90. The molecule has 1 fully saturated rings. The maximum atomic E-state index is 9.23. The fourth-order valence-corrected chi connectivity index (χ4v) is 2.76. The number of rotatable bonds is 2. The van der Waals surface area contributed by atoms with Gasteiger partial charge in [0.1, 0.15) is 5.82 Å². The molecule has 0 unspecified atom stereocenters. The summed E-state index contributed by atoms with van der Waals surface area (Å²) in [7, 11) is 0. The Morgan fingerprint density at radius 2 is 1.90 bits per heavy atom. The Kier molecular flexibility index (Phi) is 3.57. The van der Waals surface area contributed by atoms with Crippen molar-refractivity contribution in [2.75, 3.05) is 24.6 Å². The summed E-state index contributed by atoms with van der Waals surface area (Å²) in [4.78, 5) is 2.28. The maximum absolute atomic E-state index is 9.23. The van der Waals surface area contributed by atoms with Gasteiger partial charge in [0.05, 0.1) is 0 Å². The largest absolute Gasteiger partial charge is 0.396 e. The monoisotopic (exact) mass is 289 g/mol. The average molecular weight is 289 g/mol. The number of fused-ring (bicyclic) bond motifs is 1. The lowest BCUT2D eigenvalue weighted by Crippen LogP contribution is -2.35. The van der Waals surface area contributed by atoms with Gasteiger partial charge >= 0.3 is 0 Å². The fourth-order valence-electron chi connectivity index (χ4n) is 2.76. The predicted molar refractivity (Wildman–Crippen MR) is 81.5 cm³/mol. The van der Waals surface area contributed by atoms with Crippen molar-refractivity contribution in [3.05, 3.63) is 18.0 Å². The van der Waals surface area contributed by atoms with Crippen LogP contribution in [0.1, 0.15) is 39.4 Å². The van der Waals surface area contributed by atoms with Crippen LogP contribution in [0.4, 0.5) is 5.82 Å². The zero-order valence-electron chi connectivity index (χ0n) is 13.0. The lowest BCUT2D eigenvalue weighted by atomic mass is 9.96. The van der Waals surface area contributed by atoms with E-state index in [1.165, 1.54) is 0 Å². The molecule has 1 saturated heterocycles. The van der Waals surface area contributed by atoms with E-state index in [-0.39, 0.29) is 5.41 Å². The average Bonchev–Trinajstić information content (AvgIpc) is 2.90. The number of nitrogens with zero attached hydrogens (tertiary/aromatic N) is 5. The third kappa shape index (κ3) is 2.72. The molecular formula is C15H23N5O. The molecular weight excluding hydrogens is 266 g/mol. The number of hydrogen-bond donors (Lipinski definition) is 1. The van der Waals surface area contributed by atoms with E-state index >= 15 is 0 Å². The third-order valence-corrected chi connectivity index (χ3v) is 4.12. The van der Waals surface area contributed by atoms with Crippen LogP contribution in [0.5, 0.6) is 0 Å². The molecule has 2 aromatic heterocycles. The van der Waals surface area contributed by atoms with Crippen LogP contribution in [0.3, 0.4) is 0 Å². The third-order valence-electron chi connectivity index (χ3n) is 4.12. The summed E-state index contributed by atoms with van der Waals surface area (Å²) in [6, 6.07) is 3.98. The molecule has 1 aliphatic heterocycles. The molecule has 0 aliphatic carbocycles. The fraction of sp³-hybridized carbons (Fsp3) is 0.667. The second-order valence-corrected chi connectivity index (χ2v) is 6.85. The SMILES string of the molecule is CC(C)(C)c1nnc2ccc(N3CCC(CO)CC3)nn12. The second kappa shape index (κ2) is 5.26. The van der Waals surface area contributed by atoms with E-state index in [1.54, 1.807) is 0 Å². The van der Waals surface area contributed by atoms with Crippen molar-refractivity contribution in [1.82, 2.24) is 19.8 Å². The quantitative estimate of drug-likeness (QED) is 0.910. The summed E-state index contributed by atoms with van der Waals surface area (Å²) in [5.41, 5.74) is 0.698. The molecule has 0 bridgehead atoms. The molecule has 0 atom stereocenters. The zero-order valence-corrected chi connectivity index (χ0v) is 13.0. The Morgan fingerprint density at radius 1 is 1.19 bits per heavy atom. The molecule has 1 N–H and O–H groups in total. The molecule has 21 heavy (non-hydrogen) atoms. The maximum Gasteiger partial charge on any atom is 0.178 e. The van der Waals surface area contributed by atoms with Crippen LogP contribution in [-0.4, -0.2) is 44.6 Å². The van der Waals surface area contributed by atoms with Gasteiger partial charge in [-0.2, -0.15) is 4.52 Å². The van der Waals surface area contributed by atoms with Gasteiger partial charge in [0.15, 0.2) is 11.5 Å². The minimum atomic E-state index is -0.0884. The van der Waals surface area contributed by atoms with Crippen LogP contribution >= 0.6 is 0 Å². The molecule has 3 heterocycles. The number of piperidine rings is 1. The van der Waals surface area contributed by atoms with Gasteiger partial charge in [-0.3, -0.25) is 0 Å². The number of anilines is 1. The molecule has 0 amide bonds. The van der Waals surface area contributed by atoms with E-state index in [9.17, 15) is 5.11 Å². The molecule has 6 nitrogen and oxygen atoms in total. The van der Waals surface area contributed by atoms with Crippen LogP contribution in [0.2, 0.25) is 0 Å². The van der Waals surface area contributed by atoms with Crippen molar-refractivity contribution in [2.45, 2.75) is 39.0 Å². The molecule has 2 aromatic rings. The van der Waals surface area contributed by atoms with E-state index in [1.807, 2.05) is 16.6 Å². The van der Waals surface area contributed by atoms with Crippen LogP contribution in [0, 0.1) is 5.92 Å². The highest BCUT2D eigenvalue weighted by molar-refractivity contribution is 5.46. The summed E-state index contributed by atoms with van der Waals surface area (Å²) < 4.78 is 1.85. The number of aromatic nitrogens is 4. The summed E-state index contributed by atoms with van der Waals surface area (Å²) in [6.07, 6.45) is 2.04. The molecule has 114 valence electrons. The van der Waals surface area contributed by atoms with Crippen LogP contribution < -0.4 is 4.90 Å². The van der Waals surface area contributed by atoms with Gasteiger partial charge in [-0.05, 0) is 30.9 Å². The van der Waals surface area contributed by atoms with E-state index in [0.29, 0.717) is 12.5 Å². The first kappa shape index (κ1) is 14.3. The Hall–Kier alpha value is -1.69. The highest BCUT2D eigenvalue weighted by Crippen LogP contribution is 2.24. The molecule has 0 spiro atoms. The second-order valence-electron chi connectivity index (χ2n) is 6.85. The number of hydrogen-bond acceptors (Lipinski definition) is 5. The molecule has 0 radical (unpaired) electrons. The normalized spacial score (nSPS) is 17.6. The van der Waals surface area contributed by atoms with Crippen molar-refractivity contribution in [3.63, 3.8) is 0 Å². The molecule has 0 aromatic carbocycles. The van der Waals surface area contributed by atoms with Gasteiger partial charge in [-0.1, -0.05) is 20.8 Å². The van der Waals surface area contributed by atoms with E-state index in [2.05, 4.69) is 35.9 Å². The molecule has 6 heteroatoms. The summed E-state index contributed by atoms with van der Waals surface area (Å²) in [5.74, 6) is 2.28. The van der Waals surface area contributed by atoms with E-state index < -0.39 is 0 Å².